The van der Waals surface area contributed by atoms with Crippen LogP contribution in [0.25, 0.3) is 0 Å². The lowest BCUT2D eigenvalue weighted by atomic mass is 10.5. The van der Waals surface area contributed by atoms with Crippen molar-refractivity contribution < 1.29 is 5.11 Å². The van der Waals surface area contributed by atoms with Gasteiger partial charge in [-0.3, -0.25) is 4.99 Å². The zero-order valence-electron chi connectivity index (χ0n) is 4.05. The highest BCUT2D eigenvalue weighted by Gasteiger charge is 1.79. The molecule has 0 aliphatic carbocycles. The van der Waals surface area contributed by atoms with Crippen LogP contribution in [0.5, 0.6) is 0 Å². The molecule has 0 rings (SSSR count). The molecule has 36 valence electrons. The molecule has 1 atom stereocenters. The van der Waals surface area contributed by atoms with E-state index in [9.17, 15) is 0 Å². The van der Waals surface area contributed by atoms with Gasteiger partial charge in [-0.1, -0.05) is 0 Å². The van der Waals surface area contributed by atoms with Gasteiger partial charge in [0.15, 0.2) is 0 Å². The summed E-state index contributed by atoms with van der Waals surface area (Å²) in [7, 11) is 1.63. The average molecular weight is 87.1 g/mol. The summed E-state index contributed by atoms with van der Waals surface area (Å²) in [6, 6.07) is 0. The van der Waals surface area contributed by atoms with Crippen molar-refractivity contribution in [1.29, 1.82) is 0 Å². The number of aliphatic hydroxyl groups excluding tert-OH is 1. The molecule has 1 unspecified atom stereocenters. The third-order valence-electron chi connectivity index (χ3n) is 0.365. The van der Waals surface area contributed by atoms with Gasteiger partial charge in [-0.15, -0.1) is 0 Å². The first kappa shape index (κ1) is 5.63. The predicted molar refractivity (Wildman–Crippen MR) is 26.1 cm³/mol. The Morgan fingerprint density at radius 1 is 1.83 bits per heavy atom. The van der Waals surface area contributed by atoms with Gasteiger partial charge in [0.2, 0.25) is 0 Å². The fourth-order valence-corrected chi connectivity index (χ4v) is 0.216. The lowest BCUT2D eigenvalue weighted by Gasteiger charge is -1.86. The first-order valence-electron chi connectivity index (χ1n) is 1.87. The molecule has 6 heavy (non-hydrogen) atoms. The van der Waals surface area contributed by atoms with Gasteiger partial charge in [0, 0.05) is 13.3 Å². The molecule has 0 spiro atoms. The summed E-state index contributed by atoms with van der Waals surface area (Å²) < 4.78 is 0. The molecule has 0 amide bonds. The topological polar surface area (TPSA) is 32.6 Å². The zero-order valence-corrected chi connectivity index (χ0v) is 4.05. The summed E-state index contributed by atoms with van der Waals surface area (Å²) in [5, 5.41) is 8.40. The number of hydrogen-bond donors (Lipinski definition) is 1. The minimum Gasteiger partial charge on any atom is -0.388 e. The molecule has 0 fully saturated rings. The van der Waals surface area contributed by atoms with Crippen LogP contribution in [-0.4, -0.2) is 24.5 Å². The van der Waals surface area contributed by atoms with Gasteiger partial charge < -0.3 is 5.11 Å². The summed E-state index contributed by atoms with van der Waals surface area (Å²) in [5.74, 6) is 0. The monoisotopic (exact) mass is 87.1 g/mol. The third-order valence-corrected chi connectivity index (χ3v) is 0.365. The highest BCUT2D eigenvalue weighted by molar-refractivity contribution is 5.61. The van der Waals surface area contributed by atoms with Crippen LogP contribution >= 0.6 is 0 Å². The van der Waals surface area contributed by atoms with Crippen LogP contribution in [0.15, 0.2) is 4.99 Å². The molecule has 2 heteroatoms. The molecule has 0 aromatic rings. The minimum absolute atomic E-state index is 0.394. The van der Waals surface area contributed by atoms with Gasteiger partial charge in [-0.2, -0.15) is 0 Å². The van der Waals surface area contributed by atoms with Crippen LogP contribution in [0.3, 0.4) is 0 Å². The first-order valence-corrected chi connectivity index (χ1v) is 1.87. The smallest absolute Gasteiger partial charge is 0.0858 e. The normalized spacial score (nSPS) is 15.8. The fraction of sp³-hybridized carbons (Fsp3) is 0.750. The summed E-state index contributed by atoms with van der Waals surface area (Å²) >= 11 is 0. The van der Waals surface area contributed by atoms with Gasteiger partial charge in [-0.05, 0) is 6.92 Å². The summed E-state index contributed by atoms with van der Waals surface area (Å²) in [6.45, 7) is 1.66. The van der Waals surface area contributed by atoms with E-state index in [1.165, 1.54) is 6.21 Å². The van der Waals surface area contributed by atoms with E-state index in [1.54, 1.807) is 14.0 Å². The van der Waals surface area contributed by atoms with Crippen molar-refractivity contribution in [3.05, 3.63) is 0 Å². The second-order valence-electron chi connectivity index (χ2n) is 1.15. The van der Waals surface area contributed by atoms with E-state index in [2.05, 4.69) is 4.99 Å². The summed E-state index contributed by atoms with van der Waals surface area (Å²) in [5.41, 5.74) is 0. The Kier molecular flexibility index (Phi) is 2.67. The van der Waals surface area contributed by atoms with Gasteiger partial charge in [0.1, 0.15) is 0 Å². The molecular weight excluding hydrogens is 78.0 g/mol. The fourth-order valence-electron chi connectivity index (χ4n) is 0.216. The molecule has 0 aliphatic heterocycles. The van der Waals surface area contributed by atoms with Gasteiger partial charge in [0.25, 0.3) is 0 Å². The van der Waals surface area contributed by atoms with Crippen LogP contribution in [0.2, 0.25) is 0 Å². The van der Waals surface area contributed by atoms with Gasteiger partial charge >= 0.3 is 0 Å². The van der Waals surface area contributed by atoms with Crippen molar-refractivity contribution in [2.75, 3.05) is 7.05 Å². The second-order valence-corrected chi connectivity index (χ2v) is 1.15. The highest BCUT2D eigenvalue weighted by atomic mass is 16.3. The molecule has 0 radical (unpaired) electrons. The third kappa shape index (κ3) is 3.63. The average Bonchev–Trinajstić information content (AvgIpc) is 1.35. The van der Waals surface area contributed by atoms with Crippen LogP contribution in [0.1, 0.15) is 6.92 Å². The molecule has 0 aromatic carbocycles. The molecule has 0 aromatic heterocycles. The van der Waals surface area contributed by atoms with E-state index < -0.39 is 6.10 Å². The molecule has 0 bridgehead atoms. The number of aliphatic hydroxyl groups is 1. The maximum absolute atomic E-state index is 8.40. The molecule has 2 nitrogen and oxygen atoms in total. The number of rotatable bonds is 1. The maximum atomic E-state index is 8.40. The summed E-state index contributed by atoms with van der Waals surface area (Å²) in [4.78, 5) is 3.56. The second kappa shape index (κ2) is 2.85. The van der Waals surface area contributed by atoms with E-state index in [4.69, 9.17) is 5.11 Å². The molecular formula is C4H9NO. The number of aliphatic imine (C=N–C) groups is 1. The van der Waals surface area contributed by atoms with E-state index in [1.807, 2.05) is 0 Å². The Labute approximate surface area is 37.5 Å². The van der Waals surface area contributed by atoms with E-state index in [0.29, 0.717) is 0 Å². The molecule has 0 heterocycles. The Bertz CT molecular complexity index is 49.5. The Morgan fingerprint density at radius 2 is 2.33 bits per heavy atom. The molecule has 0 saturated heterocycles. The van der Waals surface area contributed by atoms with Crippen molar-refractivity contribution >= 4 is 6.21 Å². The zero-order chi connectivity index (χ0) is 4.99. The Hall–Kier alpha value is -0.370. The molecule has 1 N–H and O–H groups in total. The van der Waals surface area contributed by atoms with Crippen LogP contribution < -0.4 is 0 Å². The Morgan fingerprint density at radius 3 is 2.33 bits per heavy atom. The predicted octanol–water partition coefficient (Wildman–Crippen LogP) is 0.0678. The van der Waals surface area contributed by atoms with E-state index in [0.717, 1.165) is 0 Å². The lowest BCUT2D eigenvalue weighted by molar-refractivity contribution is 0.267. The standard InChI is InChI=1S/C4H9NO/c1-4(6)3-5-2/h3-4,6H,1-2H3. The highest BCUT2D eigenvalue weighted by Crippen LogP contribution is 1.67. The first-order chi connectivity index (χ1) is 2.77. The number of nitrogens with zero attached hydrogens (tertiary/aromatic N) is 1. The van der Waals surface area contributed by atoms with E-state index in [-0.39, 0.29) is 0 Å². The van der Waals surface area contributed by atoms with Crippen molar-refractivity contribution in [3.63, 3.8) is 0 Å². The quantitative estimate of drug-likeness (QED) is 0.451. The van der Waals surface area contributed by atoms with Crippen LogP contribution in [0.4, 0.5) is 0 Å². The Balaban J connectivity index is 3.03. The molecule has 0 aliphatic rings. The van der Waals surface area contributed by atoms with Crippen LogP contribution in [-0.2, 0) is 0 Å². The van der Waals surface area contributed by atoms with Crippen LogP contribution in [0, 0.1) is 0 Å². The van der Waals surface area contributed by atoms with Gasteiger partial charge in [0.05, 0.1) is 6.10 Å². The maximum Gasteiger partial charge on any atom is 0.0858 e. The lowest BCUT2D eigenvalue weighted by Crippen LogP contribution is -1.98. The largest absolute Gasteiger partial charge is 0.388 e. The van der Waals surface area contributed by atoms with Crippen molar-refractivity contribution in [1.82, 2.24) is 0 Å². The van der Waals surface area contributed by atoms with Crippen molar-refractivity contribution in [3.8, 4) is 0 Å². The minimum atomic E-state index is -0.394. The van der Waals surface area contributed by atoms with Gasteiger partial charge in [-0.25, -0.2) is 0 Å². The van der Waals surface area contributed by atoms with E-state index >= 15 is 0 Å². The van der Waals surface area contributed by atoms with Crippen molar-refractivity contribution in [2.45, 2.75) is 13.0 Å². The summed E-state index contributed by atoms with van der Waals surface area (Å²) in [6.07, 6.45) is 1.08. The number of hydrogen-bond acceptors (Lipinski definition) is 2. The van der Waals surface area contributed by atoms with Crippen molar-refractivity contribution in [2.24, 2.45) is 4.99 Å². The SMILES string of the molecule is CN=CC(C)O. The molecule has 0 saturated carbocycles.